The van der Waals surface area contributed by atoms with Crippen LogP contribution in [0.5, 0.6) is 0 Å². The zero-order valence-corrected chi connectivity index (χ0v) is 21.9. The van der Waals surface area contributed by atoms with E-state index in [1.54, 1.807) is 54.9 Å². The van der Waals surface area contributed by atoms with Crippen molar-refractivity contribution in [3.63, 3.8) is 0 Å². The fourth-order valence-electron chi connectivity index (χ4n) is 3.70. The number of carbonyl (C=O) groups excluding carboxylic acids is 2. The summed E-state index contributed by atoms with van der Waals surface area (Å²) in [7, 11) is -3.71. The first kappa shape index (κ1) is 24.8. The minimum atomic E-state index is -3.71. The van der Waals surface area contributed by atoms with Crippen LogP contribution in [0.3, 0.4) is 0 Å². The lowest BCUT2D eigenvalue weighted by atomic mass is 10.2. The molecule has 0 radical (unpaired) electrons. The van der Waals surface area contributed by atoms with Gasteiger partial charge in [-0.25, -0.2) is 18.4 Å². The number of aryl methyl sites for hydroxylation is 1. The molecular formula is C26H20N4O4S3. The van der Waals surface area contributed by atoms with Crippen LogP contribution in [0.1, 0.15) is 30.9 Å². The van der Waals surface area contributed by atoms with Gasteiger partial charge in [-0.15, -0.1) is 22.7 Å². The van der Waals surface area contributed by atoms with Crippen LogP contribution in [-0.4, -0.2) is 34.8 Å². The van der Waals surface area contributed by atoms with Gasteiger partial charge in [0.1, 0.15) is 17.3 Å². The number of rotatable bonds is 7. The Morgan fingerprint density at radius 1 is 1.05 bits per heavy atom. The van der Waals surface area contributed by atoms with E-state index in [9.17, 15) is 18.0 Å². The highest BCUT2D eigenvalue weighted by Gasteiger charge is 2.21. The van der Waals surface area contributed by atoms with Crippen LogP contribution in [0.25, 0.3) is 17.0 Å². The van der Waals surface area contributed by atoms with Gasteiger partial charge in [0.05, 0.1) is 15.3 Å². The number of thiophene rings is 2. The van der Waals surface area contributed by atoms with E-state index in [2.05, 4.69) is 15.3 Å². The van der Waals surface area contributed by atoms with Crippen LogP contribution < -0.4 is 5.32 Å². The molecule has 4 aromatic heterocycles. The molecule has 0 spiro atoms. The third-order valence-electron chi connectivity index (χ3n) is 5.46. The Morgan fingerprint density at radius 3 is 2.59 bits per heavy atom. The highest BCUT2D eigenvalue weighted by Crippen LogP contribution is 2.24. The van der Waals surface area contributed by atoms with Gasteiger partial charge in [-0.1, -0.05) is 12.1 Å². The molecule has 0 saturated heterocycles. The van der Waals surface area contributed by atoms with Crippen molar-refractivity contribution in [1.82, 2.24) is 19.9 Å². The number of sulfone groups is 1. The number of nitrogens with one attached hydrogen (secondary N) is 1. The quantitative estimate of drug-likeness (QED) is 0.288. The maximum absolute atomic E-state index is 13.6. The Hall–Kier alpha value is -3.93. The summed E-state index contributed by atoms with van der Waals surface area (Å²) in [5.41, 5.74) is 1.30. The van der Waals surface area contributed by atoms with Gasteiger partial charge >= 0.3 is 0 Å². The topological polar surface area (TPSA) is 111 Å². The molecule has 186 valence electrons. The summed E-state index contributed by atoms with van der Waals surface area (Å²) in [6, 6.07) is 15.1. The molecule has 0 aliphatic carbocycles. The van der Waals surface area contributed by atoms with E-state index >= 15 is 0 Å². The summed E-state index contributed by atoms with van der Waals surface area (Å²) >= 11 is 2.71. The molecule has 8 nitrogen and oxygen atoms in total. The fraction of sp³-hybridized carbons (Fsp3) is 0.0769. The Morgan fingerprint density at radius 2 is 1.86 bits per heavy atom. The molecule has 1 aromatic carbocycles. The van der Waals surface area contributed by atoms with Crippen molar-refractivity contribution in [2.24, 2.45) is 0 Å². The average molecular weight is 549 g/mol. The van der Waals surface area contributed by atoms with E-state index in [0.717, 1.165) is 4.88 Å². The molecular weight excluding hydrogens is 529 g/mol. The van der Waals surface area contributed by atoms with Crippen LogP contribution in [-0.2, 0) is 15.6 Å². The first-order chi connectivity index (χ1) is 17.8. The van der Waals surface area contributed by atoms with E-state index in [4.69, 9.17) is 0 Å². The molecule has 0 aliphatic rings. The Labute approximate surface area is 220 Å². The van der Waals surface area contributed by atoms with Gasteiger partial charge in [-0.05, 0) is 66.2 Å². The SMILES string of the molecule is Cc1ccnc(CS(=O)(=O)c2ccc3c(ccn3C(=O)/C(=C\c3cccs3)NC(=O)c3cccs3)c2)n1. The van der Waals surface area contributed by atoms with E-state index in [1.165, 1.54) is 45.6 Å². The zero-order valence-electron chi connectivity index (χ0n) is 19.5. The minimum absolute atomic E-state index is 0.103. The predicted octanol–water partition coefficient (Wildman–Crippen LogP) is 4.95. The molecule has 37 heavy (non-hydrogen) atoms. The van der Waals surface area contributed by atoms with Crippen molar-refractivity contribution in [1.29, 1.82) is 0 Å². The molecule has 0 fully saturated rings. The van der Waals surface area contributed by atoms with Crippen molar-refractivity contribution >= 4 is 61.3 Å². The van der Waals surface area contributed by atoms with E-state index in [1.807, 2.05) is 17.5 Å². The summed E-state index contributed by atoms with van der Waals surface area (Å²) in [4.78, 5) is 35.9. The fourth-order valence-corrected chi connectivity index (χ4v) is 6.21. The minimum Gasteiger partial charge on any atom is -0.317 e. The van der Waals surface area contributed by atoms with Crippen LogP contribution in [0.2, 0.25) is 0 Å². The smallest absolute Gasteiger partial charge is 0.278 e. The van der Waals surface area contributed by atoms with Crippen LogP contribution in [0.4, 0.5) is 0 Å². The van der Waals surface area contributed by atoms with Crippen LogP contribution in [0.15, 0.2) is 88.3 Å². The second-order valence-electron chi connectivity index (χ2n) is 8.09. The van der Waals surface area contributed by atoms with E-state index in [0.29, 0.717) is 21.5 Å². The standard InChI is InChI=1S/C26H20N4O4S3/c1-17-8-10-27-24(28-17)16-37(33,34)20-6-7-22-18(14-20)9-11-30(22)26(32)21(15-19-4-2-12-35-19)29-25(31)23-5-3-13-36-23/h2-15H,16H2,1H3,(H,29,31)/b21-15+. The lowest BCUT2D eigenvalue weighted by Gasteiger charge is -2.11. The van der Waals surface area contributed by atoms with Gasteiger partial charge in [-0.3, -0.25) is 14.2 Å². The molecule has 0 saturated carbocycles. The molecule has 0 bridgehead atoms. The van der Waals surface area contributed by atoms with Crippen LogP contribution >= 0.6 is 22.7 Å². The molecule has 0 aliphatic heterocycles. The molecule has 5 aromatic rings. The average Bonchev–Trinajstić information content (AvgIpc) is 3.65. The van der Waals surface area contributed by atoms with Crippen molar-refractivity contribution in [2.45, 2.75) is 17.6 Å². The number of hydrogen-bond acceptors (Lipinski definition) is 8. The first-order valence-electron chi connectivity index (χ1n) is 11.1. The molecule has 1 amide bonds. The van der Waals surface area contributed by atoms with Gasteiger partial charge in [0.25, 0.3) is 11.8 Å². The molecule has 11 heteroatoms. The lowest BCUT2D eigenvalue weighted by molar-refractivity contribution is 0.0905. The number of nitrogens with zero attached hydrogens (tertiary/aromatic N) is 3. The number of amides is 1. The first-order valence-corrected chi connectivity index (χ1v) is 14.5. The molecule has 0 atom stereocenters. The van der Waals surface area contributed by atoms with Crippen molar-refractivity contribution in [3.05, 3.63) is 105 Å². The number of fused-ring (bicyclic) bond motifs is 1. The largest absolute Gasteiger partial charge is 0.317 e. The number of aromatic nitrogens is 3. The van der Waals surface area contributed by atoms with Crippen LogP contribution in [0, 0.1) is 6.92 Å². The normalized spacial score (nSPS) is 12.1. The highest BCUT2D eigenvalue weighted by molar-refractivity contribution is 7.90. The Kier molecular flexibility index (Phi) is 6.83. The summed E-state index contributed by atoms with van der Waals surface area (Å²) < 4.78 is 27.4. The summed E-state index contributed by atoms with van der Waals surface area (Å²) in [5, 5.41) is 6.97. The van der Waals surface area contributed by atoms with Gasteiger partial charge in [0, 0.05) is 28.4 Å². The zero-order chi connectivity index (χ0) is 26.0. The molecule has 0 unspecified atom stereocenters. The number of carbonyl (C=O) groups is 2. The van der Waals surface area contributed by atoms with Crippen molar-refractivity contribution < 1.29 is 18.0 Å². The second kappa shape index (κ2) is 10.2. The van der Waals surface area contributed by atoms with Gasteiger partial charge in [-0.2, -0.15) is 0 Å². The maximum atomic E-state index is 13.6. The maximum Gasteiger partial charge on any atom is 0.278 e. The summed E-state index contributed by atoms with van der Waals surface area (Å²) in [5.74, 6) is -0.938. The predicted molar refractivity (Wildman–Crippen MR) is 144 cm³/mol. The highest BCUT2D eigenvalue weighted by atomic mass is 32.2. The molecule has 4 heterocycles. The van der Waals surface area contributed by atoms with Crippen molar-refractivity contribution in [2.75, 3.05) is 0 Å². The summed E-state index contributed by atoms with van der Waals surface area (Å²) in [6.45, 7) is 1.77. The molecule has 5 rings (SSSR count). The number of hydrogen-bond donors (Lipinski definition) is 1. The number of benzene rings is 1. The Balaban J connectivity index is 1.46. The Bertz CT molecular complexity index is 1740. The van der Waals surface area contributed by atoms with Gasteiger partial charge < -0.3 is 5.32 Å². The second-order valence-corrected chi connectivity index (χ2v) is 12.0. The lowest BCUT2D eigenvalue weighted by Crippen LogP contribution is -2.29. The van der Waals surface area contributed by atoms with Gasteiger partial charge in [0.15, 0.2) is 9.84 Å². The third-order valence-corrected chi connectivity index (χ3v) is 8.76. The van der Waals surface area contributed by atoms with Gasteiger partial charge in [0.2, 0.25) is 0 Å². The molecule has 1 N–H and O–H groups in total. The third kappa shape index (κ3) is 5.43. The monoisotopic (exact) mass is 548 g/mol. The van der Waals surface area contributed by atoms with Crippen molar-refractivity contribution in [3.8, 4) is 0 Å². The number of allylic oxidation sites excluding steroid dienone is 1. The van der Waals surface area contributed by atoms with E-state index < -0.39 is 15.7 Å². The summed E-state index contributed by atoms with van der Waals surface area (Å²) in [6.07, 6.45) is 4.72. The van der Waals surface area contributed by atoms with E-state index in [-0.39, 0.29) is 28.1 Å².